The molecule has 1 aromatic heterocycles. The molecule has 2 aromatic carbocycles. The van der Waals surface area contributed by atoms with Gasteiger partial charge in [0.25, 0.3) is 11.8 Å². The Morgan fingerprint density at radius 2 is 1.59 bits per heavy atom. The minimum Gasteiger partial charge on any atom is -0.481 e. The van der Waals surface area contributed by atoms with E-state index in [1.807, 2.05) is 67.8 Å². The summed E-state index contributed by atoms with van der Waals surface area (Å²) in [7, 11) is 0. The molecule has 0 fully saturated rings. The van der Waals surface area contributed by atoms with E-state index < -0.39 is 12.0 Å². The second-order valence-electron chi connectivity index (χ2n) is 6.97. The highest BCUT2D eigenvalue weighted by atomic mass is 16.5. The molecule has 2 amide bonds. The third-order valence-electron chi connectivity index (χ3n) is 4.69. The van der Waals surface area contributed by atoms with Crippen molar-refractivity contribution in [2.24, 2.45) is 0 Å². The minimum atomic E-state index is -0.755. The van der Waals surface area contributed by atoms with Crippen LogP contribution >= 0.6 is 0 Å². The van der Waals surface area contributed by atoms with E-state index in [4.69, 9.17) is 4.74 Å². The number of hydrazine groups is 1. The summed E-state index contributed by atoms with van der Waals surface area (Å²) in [6, 6.07) is 19.0. The molecule has 29 heavy (non-hydrogen) atoms. The molecule has 1 heterocycles. The summed E-state index contributed by atoms with van der Waals surface area (Å²) in [5, 5.41) is 0. The number of ether oxygens (including phenoxy) is 1. The largest absolute Gasteiger partial charge is 0.481 e. The van der Waals surface area contributed by atoms with E-state index in [1.165, 1.54) is 0 Å². The number of aromatic nitrogens is 1. The molecule has 6 heteroatoms. The van der Waals surface area contributed by atoms with Gasteiger partial charge in [0.15, 0.2) is 6.10 Å². The van der Waals surface area contributed by atoms with Crippen LogP contribution in [0.15, 0.2) is 60.7 Å². The zero-order chi connectivity index (χ0) is 21.0. The molecule has 1 unspecified atom stereocenters. The lowest BCUT2D eigenvalue weighted by atomic mass is 10.2. The van der Waals surface area contributed by atoms with Crippen molar-refractivity contribution in [2.75, 3.05) is 0 Å². The highest BCUT2D eigenvalue weighted by Gasteiger charge is 2.19. The highest BCUT2D eigenvalue weighted by molar-refractivity contribution is 5.97. The molecule has 0 aliphatic heterocycles. The van der Waals surface area contributed by atoms with Crippen LogP contribution in [0.25, 0.3) is 5.69 Å². The fourth-order valence-electron chi connectivity index (χ4n) is 3.13. The number of para-hydroxylation sites is 1. The molecule has 0 radical (unpaired) electrons. The summed E-state index contributed by atoms with van der Waals surface area (Å²) in [4.78, 5) is 24.9. The van der Waals surface area contributed by atoms with E-state index in [1.54, 1.807) is 25.1 Å². The first kappa shape index (κ1) is 20.2. The Morgan fingerprint density at radius 3 is 2.24 bits per heavy atom. The predicted octanol–water partition coefficient (Wildman–Crippen LogP) is 3.63. The number of hydrogen-bond donors (Lipinski definition) is 2. The lowest BCUT2D eigenvalue weighted by Crippen LogP contribution is -2.47. The van der Waals surface area contributed by atoms with Crippen molar-refractivity contribution in [3.63, 3.8) is 0 Å². The molecular formula is C23H25N3O3. The van der Waals surface area contributed by atoms with Crippen LogP contribution in [0.1, 0.15) is 34.2 Å². The maximum Gasteiger partial charge on any atom is 0.279 e. The summed E-state index contributed by atoms with van der Waals surface area (Å²) >= 11 is 0. The zero-order valence-corrected chi connectivity index (χ0v) is 17.0. The maximum atomic E-state index is 12.6. The van der Waals surface area contributed by atoms with Crippen LogP contribution in [0.5, 0.6) is 5.75 Å². The van der Waals surface area contributed by atoms with Crippen molar-refractivity contribution >= 4 is 11.8 Å². The van der Waals surface area contributed by atoms with Gasteiger partial charge in [-0.3, -0.25) is 20.4 Å². The van der Waals surface area contributed by atoms with E-state index in [-0.39, 0.29) is 5.91 Å². The summed E-state index contributed by atoms with van der Waals surface area (Å²) in [6.45, 7) is 7.42. The lowest BCUT2D eigenvalue weighted by molar-refractivity contribution is -0.128. The van der Waals surface area contributed by atoms with Crippen LogP contribution in [-0.4, -0.2) is 22.5 Å². The molecule has 150 valence electrons. The molecule has 6 nitrogen and oxygen atoms in total. The van der Waals surface area contributed by atoms with Crippen LogP contribution in [0.2, 0.25) is 0 Å². The molecule has 0 bridgehead atoms. The van der Waals surface area contributed by atoms with Crippen LogP contribution in [0.3, 0.4) is 0 Å². The summed E-state index contributed by atoms with van der Waals surface area (Å²) in [5.41, 5.74) is 9.22. The quantitative estimate of drug-likeness (QED) is 0.653. The summed E-state index contributed by atoms with van der Waals surface area (Å²) in [6.07, 6.45) is -0.755. The van der Waals surface area contributed by atoms with Gasteiger partial charge >= 0.3 is 0 Å². The fraction of sp³-hybridized carbons (Fsp3) is 0.217. The smallest absolute Gasteiger partial charge is 0.279 e. The van der Waals surface area contributed by atoms with E-state index in [9.17, 15) is 9.59 Å². The Labute approximate surface area is 170 Å². The first-order chi connectivity index (χ1) is 13.9. The van der Waals surface area contributed by atoms with Crippen molar-refractivity contribution in [3.8, 4) is 11.4 Å². The van der Waals surface area contributed by atoms with Crippen LogP contribution < -0.4 is 15.6 Å². The molecule has 1 atom stereocenters. The predicted molar refractivity (Wildman–Crippen MR) is 112 cm³/mol. The van der Waals surface area contributed by atoms with Gasteiger partial charge in [0.1, 0.15) is 5.75 Å². The molecule has 0 saturated carbocycles. The number of carbonyl (C=O) groups is 2. The van der Waals surface area contributed by atoms with Gasteiger partial charge < -0.3 is 9.30 Å². The molecule has 0 spiro atoms. The van der Waals surface area contributed by atoms with E-state index in [0.29, 0.717) is 11.3 Å². The van der Waals surface area contributed by atoms with E-state index in [0.717, 1.165) is 22.6 Å². The first-order valence-corrected chi connectivity index (χ1v) is 9.44. The van der Waals surface area contributed by atoms with Crippen LogP contribution in [0.4, 0.5) is 0 Å². The maximum absolute atomic E-state index is 12.6. The van der Waals surface area contributed by atoms with Gasteiger partial charge in [-0.25, -0.2) is 0 Å². The average molecular weight is 391 g/mol. The van der Waals surface area contributed by atoms with Gasteiger partial charge in [-0.05, 0) is 58.0 Å². The third kappa shape index (κ3) is 4.66. The van der Waals surface area contributed by atoms with Gasteiger partial charge in [-0.1, -0.05) is 35.9 Å². The molecule has 0 saturated heterocycles. The number of hydrogen-bond acceptors (Lipinski definition) is 3. The van der Waals surface area contributed by atoms with Crippen molar-refractivity contribution < 1.29 is 14.3 Å². The number of aryl methyl sites for hydroxylation is 2. The number of carbonyl (C=O) groups excluding carboxylic acids is 2. The fourth-order valence-corrected chi connectivity index (χ4v) is 3.13. The topological polar surface area (TPSA) is 72.4 Å². The Bertz CT molecular complexity index is 1010. The Hall–Kier alpha value is -3.54. The van der Waals surface area contributed by atoms with Crippen LogP contribution in [0, 0.1) is 20.8 Å². The summed E-state index contributed by atoms with van der Waals surface area (Å²) < 4.78 is 7.61. The van der Waals surface area contributed by atoms with Gasteiger partial charge in [0.05, 0.1) is 5.56 Å². The molecule has 0 aliphatic rings. The van der Waals surface area contributed by atoms with Gasteiger partial charge in [0, 0.05) is 17.1 Å². The normalized spacial score (nSPS) is 11.6. The van der Waals surface area contributed by atoms with E-state index in [2.05, 4.69) is 10.9 Å². The number of nitrogens with zero attached hydrogens (tertiary/aromatic N) is 1. The standard InChI is InChI=1S/C23H25N3O3/c1-15-10-12-20(13-11-15)29-18(4)22(27)24-25-23(28)21-14-16(2)26(17(21)3)19-8-6-5-7-9-19/h5-14,18H,1-4H3,(H,24,27)(H,25,28). The lowest BCUT2D eigenvalue weighted by Gasteiger charge is -2.15. The molecule has 3 rings (SSSR count). The second-order valence-corrected chi connectivity index (χ2v) is 6.97. The van der Waals surface area contributed by atoms with Crippen molar-refractivity contribution in [1.82, 2.24) is 15.4 Å². The van der Waals surface area contributed by atoms with Crippen LogP contribution in [-0.2, 0) is 4.79 Å². The number of amides is 2. The molecule has 2 N–H and O–H groups in total. The molecule has 0 aliphatic carbocycles. The first-order valence-electron chi connectivity index (χ1n) is 9.44. The highest BCUT2D eigenvalue weighted by Crippen LogP contribution is 2.20. The Morgan fingerprint density at radius 1 is 0.931 bits per heavy atom. The SMILES string of the molecule is Cc1ccc(OC(C)C(=O)NNC(=O)c2cc(C)n(-c3ccccc3)c2C)cc1. The Balaban J connectivity index is 1.63. The number of nitrogens with one attached hydrogen (secondary N) is 2. The van der Waals surface area contributed by atoms with Gasteiger partial charge in [-0.2, -0.15) is 0 Å². The second kappa shape index (κ2) is 8.65. The number of rotatable bonds is 5. The van der Waals surface area contributed by atoms with E-state index >= 15 is 0 Å². The van der Waals surface area contributed by atoms with Crippen molar-refractivity contribution in [2.45, 2.75) is 33.8 Å². The molecular weight excluding hydrogens is 366 g/mol. The van der Waals surface area contributed by atoms with Gasteiger partial charge in [0.2, 0.25) is 0 Å². The van der Waals surface area contributed by atoms with Gasteiger partial charge in [-0.15, -0.1) is 0 Å². The minimum absolute atomic E-state index is 0.379. The Kier molecular flexibility index (Phi) is 6.02. The average Bonchev–Trinajstić information content (AvgIpc) is 3.02. The van der Waals surface area contributed by atoms with Crippen molar-refractivity contribution in [3.05, 3.63) is 83.2 Å². The third-order valence-corrected chi connectivity index (χ3v) is 4.69. The van der Waals surface area contributed by atoms with Crippen molar-refractivity contribution in [1.29, 1.82) is 0 Å². The zero-order valence-electron chi connectivity index (χ0n) is 17.0. The summed E-state index contributed by atoms with van der Waals surface area (Å²) in [5.74, 6) is -0.219. The monoisotopic (exact) mass is 391 g/mol. The number of benzene rings is 2. The molecule has 3 aromatic rings.